The molecule has 0 aromatic heterocycles. The molecule has 0 bridgehead atoms. The quantitative estimate of drug-likeness (QED) is 0.743. The molecule has 1 aliphatic rings. The first-order valence-corrected chi connectivity index (χ1v) is 6.86. The number of carboxylic acid groups (broad SMARTS) is 1. The first-order valence-electron chi connectivity index (χ1n) is 6.86. The third-order valence-electron chi connectivity index (χ3n) is 3.40. The van der Waals surface area contributed by atoms with Gasteiger partial charge in [-0.1, -0.05) is 0 Å². The summed E-state index contributed by atoms with van der Waals surface area (Å²) in [4.78, 5) is 37.6. The topological polar surface area (TPSA) is 89.9 Å². The summed E-state index contributed by atoms with van der Waals surface area (Å²) in [7, 11) is 1.71. The molecule has 3 amide bonds. The first kappa shape index (κ1) is 16.3. The normalized spacial score (nSPS) is 18.5. The molecule has 7 heteroatoms. The van der Waals surface area contributed by atoms with Crippen molar-refractivity contribution >= 4 is 17.9 Å². The maximum atomic E-state index is 12.2. The van der Waals surface area contributed by atoms with E-state index in [1.807, 2.05) is 13.8 Å². The Morgan fingerprint density at radius 1 is 1.50 bits per heavy atom. The van der Waals surface area contributed by atoms with Crippen molar-refractivity contribution < 1.29 is 19.5 Å². The van der Waals surface area contributed by atoms with Gasteiger partial charge in [-0.3, -0.25) is 9.59 Å². The number of amides is 3. The zero-order valence-corrected chi connectivity index (χ0v) is 12.3. The molecule has 114 valence electrons. The molecule has 0 aromatic rings. The number of carbonyl (C=O) groups is 3. The maximum Gasteiger partial charge on any atom is 0.318 e. The summed E-state index contributed by atoms with van der Waals surface area (Å²) in [6, 6.07) is -0.815. The van der Waals surface area contributed by atoms with E-state index in [9.17, 15) is 14.4 Å². The van der Waals surface area contributed by atoms with E-state index in [1.54, 1.807) is 16.8 Å². The second kappa shape index (κ2) is 7.12. The zero-order chi connectivity index (χ0) is 15.3. The number of carboxylic acids is 1. The number of likely N-dealkylation sites (tertiary alicyclic amines) is 1. The zero-order valence-electron chi connectivity index (χ0n) is 12.3. The monoisotopic (exact) mass is 285 g/mol. The molecular formula is C13H23N3O4. The number of rotatable bonds is 6. The van der Waals surface area contributed by atoms with Gasteiger partial charge >= 0.3 is 12.0 Å². The van der Waals surface area contributed by atoms with E-state index >= 15 is 0 Å². The van der Waals surface area contributed by atoms with Crippen molar-refractivity contribution in [3.8, 4) is 0 Å². The van der Waals surface area contributed by atoms with Crippen LogP contribution in [0.4, 0.5) is 4.79 Å². The van der Waals surface area contributed by atoms with Crippen LogP contribution in [0, 0.1) is 0 Å². The van der Waals surface area contributed by atoms with Gasteiger partial charge in [0.05, 0.1) is 0 Å². The number of nitrogens with zero attached hydrogens (tertiary/aromatic N) is 2. The summed E-state index contributed by atoms with van der Waals surface area (Å²) in [5, 5.41) is 11.4. The lowest BCUT2D eigenvalue weighted by Crippen LogP contribution is -2.50. The lowest BCUT2D eigenvalue weighted by Gasteiger charge is -2.28. The van der Waals surface area contributed by atoms with Gasteiger partial charge in [0.15, 0.2) is 0 Å². The van der Waals surface area contributed by atoms with Gasteiger partial charge in [0, 0.05) is 32.6 Å². The summed E-state index contributed by atoms with van der Waals surface area (Å²) in [5.41, 5.74) is 0. The number of urea groups is 1. The van der Waals surface area contributed by atoms with Crippen LogP contribution in [0.15, 0.2) is 0 Å². The number of carbonyl (C=O) groups excluding carboxylic acids is 2. The Bertz CT molecular complexity index is 384. The summed E-state index contributed by atoms with van der Waals surface area (Å²) in [6.45, 7) is 4.74. The van der Waals surface area contributed by atoms with Gasteiger partial charge in [0.2, 0.25) is 5.91 Å². The Kier molecular flexibility index (Phi) is 5.79. The Morgan fingerprint density at radius 2 is 2.15 bits per heavy atom. The van der Waals surface area contributed by atoms with E-state index in [4.69, 9.17) is 5.11 Å². The van der Waals surface area contributed by atoms with Gasteiger partial charge in [-0.15, -0.1) is 0 Å². The number of likely N-dealkylation sites (N-methyl/N-ethyl adjacent to an activating group) is 1. The van der Waals surface area contributed by atoms with Crippen LogP contribution < -0.4 is 5.32 Å². The van der Waals surface area contributed by atoms with Gasteiger partial charge in [-0.2, -0.15) is 0 Å². The average Bonchev–Trinajstić information content (AvgIpc) is 2.65. The van der Waals surface area contributed by atoms with Crippen LogP contribution in [0.2, 0.25) is 0 Å². The minimum atomic E-state index is -0.873. The second-order valence-corrected chi connectivity index (χ2v) is 5.33. The fraction of sp³-hybridized carbons (Fsp3) is 0.769. The summed E-state index contributed by atoms with van der Waals surface area (Å²) in [5.74, 6) is -0.950. The Hall–Kier alpha value is -1.79. The fourth-order valence-electron chi connectivity index (χ4n) is 2.18. The van der Waals surface area contributed by atoms with Gasteiger partial charge in [0.1, 0.15) is 6.04 Å². The fourth-order valence-corrected chi connectivity index (χ4v) is 2.18. The third kappa shape index (κ3) is 4.40. The maximum absolute atomic E-state index is 12.2. The lowest BCUT2D eigenvalue weighted by atomic mass is 10.2. The number of hydrogen-bond acceptors (Lipinski definition) is 3. The van der Waals surface area contributed by atoms with Gasteiger partial charge in [0.25, 0.3) is 0 Å². The molecule has 0 aromatic carbocycles. The Labute approximate surface area is 118 Å². The second-order valence-electron chi connectivity index (χ2n) is 5.33. The minimum Gasteiger partial charge on any atom is -0.481 e. The van der Waals surface area contributed by atoms with Crippen LogP contribution in [-0.2, 0) is 9.59 Å². The van der Waals surface area contributed by atoms with Crippen molar-refractivity contribution in [2.75, 3.05) is 20.1 Å². The molecule has 1 fully saturated rings. The van der Waals surface area contributed by atoms with Crippen LogP contribution in [0.5, 0.6) is 0 Å². The van der Waals surface area contributed by atoms with E-state index in [-0.39, 0.29) is 24.4 Å². The van der Waals surface area contributed by atoms with Gasteiger partial charge < -0.3 is 20.2 Å². The highest BCUT2D eigenvalue weighted by Crippen LogP contribution is 2.10. The van der Waals surface area contributed by atoms with Gasteiger partial charge in [-0.05, 0) is 26.7 Å². The molecular weight excluding hydrogens is 262 g/mol. The van der Waals surface area contributed by atoms with Crippen molar-refractivity contribution in [2.24, 2.45) is 0 Å². The molecule has 0 saturated carbocycles. The molecule has 0 spiro atoms. The molecule has 1 rings (SSSR count). The van der Waals surface area contributed by atoms with Crippen LogP contribution in [-0.4, -0.2) is 65.0 Å². The van der Waals surface area contributed by atoms with E-state index in [1.165, 1.54) is 0 Å². The highest BCUT2D eigenvalue weighted by molar-refractivity contribution is 5.88. The van der Waals surface area contributed by atoms with E-state index in [2.05, 4.69) is 5.32 Å². The predicted molar refractivity (Wildman–Crippen MR) is 73.3 cm³/mol. The summed E-state index contributed by atoms with van der Waals surface area (Å²) >= 11 is 0. The van der Waals surface area contributed by atoms with E-state index in [0.717, 1.165) is 0 Å². The molecule has 0 radical (unpaired) electrons. The molecule has 1 aliphatic heterocycles. The lowest BCUT2D eigenvalue weighted by molar-refractivity contribution is -0.137. The predicted octanol–water partition coefficient (Wildman–Crippen LogP) is 0.502. The SMILES string of the molecule is CC(C)N(CCCC(=O)O)C(=O)NC1CCN(C)C1=O. The Morgan fingerprint density at radius 3 is 2.60 bits per heavy atom. The molecule has 1 saturated heterocycles. The van der Waals surface area contributed by atoms with Gasteiger partial charge in [-0.25, -0.2) is 4.79 Å². The molecule has 2 N–H and O–H groups in total. The van der Waals surface area contributed by atoms with E-state index < -0.39 is 12.0 Å². The molecule has 1 heterocycles. The first-order chi connectivity index (χ1) is 9.32. The van der Waals surface area contributed by atoms with Crippen LogP contribution >= 0.6 is 0 Å². The van der Waals surface area contributed by atoms with Crippen molar-refractivity contribution in [1.82, 2.24) is 15.1 Å². The van der Waals surface area contributed by atoms with Crippen molar-refractivity contribution in [3.05, 3.63) is 0 Å². The molecule has 20 heavy (non-hydrogen) atoms. The highest BCUT2D eigenvalue weighted by atomic mass is 16.4. The van der Waals surface area contributed by atoms with Crippen LogP contribution in [0.1, 0.15) is 33.1 Å². The summed E-state index contributed by atoms with van der Waals surface area (Å²) in [6.07, 6.45) is 1.04. The van der Waals surface area contributed by atoms with Crippen molar-refractivity contribution in [2.45, 2.75) is 45.2 Å². The minimum absolute atomic E-state index is 0.0294. The molecule has 1 unspecified atom stereocenters. The number of aliphatic carboxylic acids is 1. The van der Waals surface area contributed by atoms with Crippen molar-refractivity contribution in [1.29, 1.82) is 0 Å². The number of nitrogens with one attached hydrogen (secondary N) is 1. The average molecular weight is 285 g/mol. The van der Waals surface area contributed by atoms with Crippen LogP contribution in [0.25, 0.3) is 0 Å². The standard InChI is InChI=1S/C13H23N3O4/c1-9(2)16(7-4-5-11(17)18)13(20)14-10-6-8-15(3)12(10)19/h9-10H,4-8H2,1-3H3,(H,14,20)(H,17,18). The molecule has 1 atom stereocenters. The van der Waals surface area contributed by atoms with Crippen LogP contribution in [0.3, 0.4) is 0 Å². The molecule has 0 aliphatic carbocycles. The summed E-state index contributed by atoms with van der Waals surface area (Å²) < 4.78 is 0. The Balaban J connectivity index is 2.52. The molecule has 7 nitrogen and oxygen atoms in total. The van der Waals surface area contributed by atoms with Crippen molar-refractivity contribution in [3.63, 3.8) is 0 Å². The number of hydrogen-bond donors (Lipinski definition) is 2. The smallest absolute Gasteiger partial charge is 0.318 e. The van der Waals surface area contributed by atoms with E-state index in [0.29, 0.717) is 25.9 Å². The third-order valence-corrected chi connectivity index (χ3v) is 3.40. The largest absolute Gasteiger partial charge is 0.481 e. The highest BCUT2D eigenvalue weighted by Gasteiger charge is 2.31.